The molecule has 1 amide bonds. The Morgan fingerprint density at radius 2 is 1.97 bits per heavy atom. The smallest absolute Gasteiger partial charge is 0.248 e. The first kappa shape index (κ1) is 21.3. The van der Waals surface area contributed by atoms with E-state index in [-0.39, 0.29) is 5.91 Å². The molecule has 0 saturated heterocycles. The fraction of sp³-hybridized carbons (Fsp3) is 0.160. The molecule has 0 spiro atoms. The zero-order valence-corrected chi connectivity index (χ0v) is 18.4. The molecular formula is C25H26N6O. The van der Waals surface area contributed by atoms with Crippen LogP contribution >= 0.6 is 0 Å². The summed E-state index contributed by atoms with van der Waals surface area (Å²) in [5, 5.41) is 7.02. The molecule has 162 valence electrons. The fourth-order valence-corrected chi connectivity index (χ4v) is 3.47. The van der Waals surface area contributed by atoms with E-state index in [4.69, 9.17) is 0 Å². The number of benzene rings is 1. The molecule has 3 aromatic heterocycles. The lowest BCUT2D eigenvalue weighted by atomic mass is 10.0. The number of carbonyl (C=O) groups is 1. The first-order chi connectivity index (χ1) is 15.5. The van der Waals surface area contributed by atoms with Crippen LogP contribution in [0.1, 0.15) is 0 Å². The summed E-state index contributed by atoms with van der Waals surface area (Å²) >= 11 is 0. The van der Waals surface area contributed by atoms with E-state index in [9.17, 15) is 4.79 Å². The molecule has 0 unspecified atom stereocenters. The normalized spacial score (nSPS) is 11.4. The summed E-state index contributed by atoms with van der Waals surface area (Å²) in [6, 6.07) is 13.9. The zero-order valence-electron chi connectivity index (χ0n) is 18.4. The highest BCUT2D eigenvalue weighted by molar-refractivity contribution is 6.00. The zero-order chi connectivity index (χ0) is 22.5. The van der Waals surface area contributed by atoms with Crippen molar-refractivity contribution in [2.24, 2.45) is 0 Å². The summed E-state index contributed by atoms with van der Waals surface area (Å²) < 4.78 is 0. The summed E-state index contributed by atoms with van der Waals surface area (Å²) in [5.74, 6) is 0.660. The molecule has 0 radical (unpaired) electrons. The topological polar surface area (TPSA) is 85.9 Å². The molecule has 4 rings (SSSR count). The molecule has 1 aromatic carbocycles. The van der Waals surface area contributed by atoms with Gasteiger partial charge in [0.25, 0.3) is 0 Å². The van der Waals surface area contributed by atoms with E-state index in [1.54, 1.807) is 12.3 Å². The Hall–Kier alpha value is -3.97. The first-order valence-corrected chi connectivity index (χ1v) is 10.4. The molecule has 3 heterocycles. The molecule has 0 bridgehead atoms. The van der Waals surface area contributed by atoms with Gasteiger partial charge in [-0.1, -0.05) is 18.2 Å². The van der Waals surface area contributed by atoms with E-state index in [1.165, 1.54) is 0 Å². The van der Waals surface area contributed by atoms with Crippen LogP contribution in [0.4, 0.5) is 11.5 Å². The maximum Gasteiger partial charge on any atom is 0.248 e. The Morgan fingerprint density at radius 1 is 1.09 bits per heavy atom. The second kappa shape index (κ2) is 9.45. The van der Waals surface area contributed by atoms with Crippen LogP contribution in [0.3, 0.4) is 0 Å². The SMILES string of the molecule is CNc1cc(-c2c[nH]c3ncc(-c4cccc(NC(=O)/C=C/CN(C)C)c4)cc23)ccn1. The predicted octanol–water partition coefficient (Wildman–Crippen LogP) is 4.39. The lowest BCUT2D eigenvalue weighted by molar-refractivity contribution is -0.111. The molecule has 0 aliphatic heterocycles. The van der Waals surface area contributed by atoms with Crippen LogP contribution in [0.2, 0.25) is 0 Å². The van der Waals surface area contributed by atoms with E-state index >= 15 is 0 Å². The van der Waals surface area contributed by atoms with E-state index < -0.39 is 0 Å². The molecule has 0 aliphatic carbocycles. The van der Waals surface area contributed by atoms with Crippen molar-refractivity contribution < 1.29 is 4.79 Å². The van der Waals surface area contributed by atoms with Crippen molar-refractivity contribution in [2.75, 3.05) is 38.3 Å². The quantitative estimate of drug-likeness (QED) is 0.382. The molecule has 7 nitrogen and oxygen atoms in total. The van der Waals surface area contributed by atoms with Gasteiger partial charge >= 0.3 is 0 Å². The van der Waals surface area contributed by atoms with Gasteiger partial charge in [0.05, 0.1) is 0 Å². The number of hydrogen-bond acceptors (Lipinski definition) is 5. The Kier molecular flexibility index (Phi) is 6.28. The summed E-state index contributed by atoms with van der Waals surface area (Å²) in [4.78, 5) is 26.3. The van der Waals surface area contributed by atoms with Crippen molar-refractivity contribution in [3.8, 4) is 22.3 Å². The average molecular weight is 427 g/mol. The molecule has 4 aromatic rings. The van der Waals surface area contributed by atoms with Gasteiger partial charge in [-0.3, -0.25) is 4.79 Å². The van der Waals surface area contributed by atoms with Crippen LogP contribution in [0.5, 0.6) is 0 Å². The number of pyridine rings is 2. The van der Waals surface area contributed by atoms with Gasteiger partial charge in [-0.25, -0.2) is 9.97 Å². The number of anilines is 2. The number of fused-ring (bicyclic) bond motifs is 1. The van der Waals surface area contributed by atoms with Gasteiger partial charge < -0.3 is 20.5 Å². The number of amides is 1. The highest BCUT2D eigenvalue weighted by Gasteiger charge is 2.10. The van der Waals surface area contributed by atoms with Crippen LogP contribution in [0.25, 0.3) is 33.3 Å². The molecule has 3 N–H and O–H groups in total. The number of rotatable bonds is 7. The Bertz CT molecular complexity index is 1270. The Labute approximate surface area is 187 Å². The van der Waals surface area contributed by atoms with Crippen molar-refractivity contribution in [1.82, 2.24) is 19.9 Å². The van der Waals surface area contributed by atoms with Gasteiger partial charge in [-0.15, -0.1) is 0 Å². The van der Waals surface area contributed by atoms with Crippen molar-refractivity contribution in [3.05, 3.63) is 73.2 Å². The molecule has 0 saturated carbocycles. The van der Waals surface area contributed by atoms with E-state index in [0.717, 1.165) is 44.8 Å². The van der Waals surface area contributed by atoms with Gasteiger partial charge in [0, 0.05) is 60.5 Å². The summed E-state index contributed by atoms with van der Waals surface area (Å²) in [7, 11) is 5.77. The van der Waals surface area contributed by atoms with Crippen LogP contribution in [-0.4, -0.2) is 53.4 Å². The van der Waals surface area contributed by atoms with E-state index in [0.29, 0.717) is 6.54 Å². The molecule has 7 heteroatoms. The van der Waals surface area contributed by atoms with Crippen LogP contribution in [0.15, 0.2) is 73.2 Å². The van der Waals surface area contributed by atoms with E-state index in [1.807, 2.05) is 80.9 Å². The minimum Gasteiger partial charge on any atom is -0.373 e. The Morgan fingerprint density at radius 3 is 2.78 bits per heavy atom. The highest BCUT2D eigenvalue weighted by Crippen LogP contribution is 2.32. The second-order valence-corrected chi connectivity index (χ2v) is 7.74. The molecular weight excluding hydrogens is 400 g/mol. The summed E-state index contributed by atoms with van der Waals surface area (Å²) in [6.07, 6.45) is 8.99. The summed E-state index contributed by atoms with van der Waals surface area (Å²) in [6.45, 7) is 0.714. The third-order valence-electron chi connectivity index (χ3n) is 5.06. The van der Waals surface area contributed by atoms with Gasteiger partial charge in [0.2, 0.25) is 5.91 Å². The van der Waals surface area contributed by atoms with Gasteiger partial charge in [-0.2, -0.15) is 0 Å². The van der Waals surface area contributed by atoms with Crippen molar-refractivity contribution >= 4 is 28.4 Å². The predicted molar refractivity (Wildman–Crippen MR) is 131 cm³/mol. The fourth-order valence-electron chi connectivity index (χ4n) is 3.47. The lowest BCUT2D eigenvalue weighted by Crippen LogP contribution is -2.12. The van der Waals surface area contributed by atoms with E-state index in [2.05, 4.69) is 31.7 Å². The van der Waals surface area contributed by atoms with Crippen molar-refractivity contribution in [1.29, 1.82) is 0 Å². The number of aromatic nitrogens is 3. The third-order valence-corrected chi connectivity index (χ3v) is 5.06. The van der Waals surface area contributed by atoms with Crippen molar-refractivity contribution in [2.45, 2.75) is 0 Å². The van der Waals surface area contributed by atoms with Crippen LogP contribution in [-0.2, 0) is 4.79 Å². The number of likely N-dealkylation sites (N-methyl/N-ethyl adjacent to an activating group) is 1. The Balaban J connectivity index is 1.62. The maximum absolute atomic E-state index is 12.2. The summed E-state index contributed by atoms with van der Waals surface area (Å²) in [5.41, 5.74) is 5.63. The van der Waals surface area contributed by atoms with Gasteiger partial charge in [0.15, 0.2) is 0 Å². The standard InChI is InChI=1S/C25H26N6O/c1-26-23-14-18(9-10-27-23)22-16-29-25-21(22)13-19(15-28-25)17-6-4-7-20(12-17)30-24(32)8-5-11-31(2)3/h4-10,12-16H,11H2,1-3H3,(H,26,27)(H,28,29)(H,30,32)/b8-5+. The van der Waals surface area contributed by atoms with Gasteiger partial charge in [-0.05, 0) is 55.6 Å². The highest BCUT2D eigenvalue weighted by atomic mass is 16.1. The molecule has 0 aliphatic rings. The number of hydrogen-bond donors (Lipinski definition) is 3. The maximum atomic E-state index is 12.2. The van der Waals surface area contributed by atoms with Gasteiger partial charge in [0.1, 0.15) is 11.5 Å². The molecule has 0 atom stereocenters. The largest absolute Gasteiger partial charge is 0.373 e. The number of aromatic amines is 1. The second-order valence-electron chi connectivity index (χ2n) is 7.74. The lowest BCUT2D eigenvalue weighted by Gasteiger charge is -2.08. The number of H-pyrrole nitrogens is 1. The van der Waals surface area contributed by atoms with Crippen molar-refractivity contribution in [3.63, 3.8) is 0 Å². The number of nitrogens with one attached hydrogen (secondary N) is 3. The first-order valence-electron chi connectivity index (χ1n) is 10.4. The number of nitrogens with zero attached hydrogens (tertiary/aromatic N) is 3. The minimum atomic E-state index is -0.150. The third kappa shape index (κ3) is 4.84. The van der Waals surface area contributed by atoms with Crippen LogP contribution in [0, 0.1) is 0 Å². The monoisotopic (exact) mass is 426 g/mol. The number of carbonyl (C=O) groups excluding carboxylic acids is 1. The minimum absolute atomic E-state index is 0.150. The molecule has 0 fully saturated rings. The average Bonchev–Trinajstić information content (AvgIpc) is 3.22. The van der Waals surface area contributed by atoms with Crippen LogP contribution < -0.4 is 10.6 Å². The molecule has 32 heavy (non-hydrogen) atoms.